The van der Waals surface area contributed by atoms with Gasteiger partial charge in [0.2, 0.25) is 11.8 Å². The Kier molecular flexibility index (Phi) is 7.49. The van der Waals surface area contributed by atoms with Crippen molar-refractivity contribution < 1.29 is 9.59 Å². The van der Waals surface area contributed by atoms with E-state index in [0.29, 0.717) is 12.8 Å². The first-order valence-electron chi connectivity index (χ1n) is 10.5. The highest BCUT2D eigenvalue weighted by Gasteiger charge is 2.29. The lowest BCUT2D eigenvalue weighted by Crippen LogP contribution is -2.07. The lowest BCUT2D eigenvalue weighted by Gasteiger charge is -2.04. The number of hydrogen-bond donors (Lipinski definition) is 0. The molecular formula is C22H26N2O2S4. The summed E-state index contributed by atoms with van der Waals surface area (Å²) in [6.07, 6.45) is 15.6. The predicted molar refractivity (Wildman–Crippen MR) is 129 cm³/mol. The molecule has 2 aliphatic heterocycles. The van der Waals surface area contributed by atoms with Crippen molar-refractivity contribution in [1.29, 1.82) is 0 Å². The Bertz CT molecular complexity index is 860. The summed E-state index contributed by atoms with van der Waals surface area (Å²) in [5, 5.41) is 0. The lowest BCUT2D eigenvalue weighted by atomic mass is 10.2. The van der Waals surface area contributed by atoms with Crippen molar-refractivity contribution >= 4 is 58.9 Å². The molecule has 0 N–H and O–H groups in total. The maximum Gasteiger partial charge on any atom is 0.230 e. The van der Waals surface area contributed by atoms with Gasteiger partial charge in [0.25, 0.3) is 0 Å². The van der Waals surface area contributed by atoms with Crippen LogP contribution in [-0.2, 0) is 0 Å². The highest BCUT2D eigenvalue weighted by atomic mass is 32.2. The first-order valence-corrected chi connectivity index (χ1v) is 13.8. The van der Waals surface area contributed by atoms with Crippen molar-refractivity contribution in [2.24, 2.45) is 0 Å². The largest absolute Gasteiger partial charge is 0.292 e. The van der Waals surface area contributed by atoms with Gasteiger partial charge in [0.15, 0.2) is 0 Å². The second-order valence-electron chi connectivity index (χ2n) is 7.47. The molecule has 0 amide bonds. The van der Waals surface area contributed by atoms with Crippen molar-refractivity contribution in [2.75, 3.05) is 0 Å². The van der Waals surface area contributed by atoms with Crippen molar-refractivity contribution in [3.05, 3.63) is 33.3 Å². The standard InChI is InChI=1S/C22H26N2O2S4/c1-3-5-7-9-19(25)23-11-15-16(12-23)28-21(27-15)22-29-17-13-24(14-18(17)30-22)20(26)10-8-6-4-2/h11-14H,3-10H2,1-2H3. The molecule has 4 nitrogen and oxygen atoms in total. The van der Waals surface area contributed by atoms with E-state index in [1.165, 1.54) is 28.1 Å². The predicted octanol–water partition coefficient (Wildman–Crippen LogP) is 7.95. The van der Waals surface area contributed by atoms with E-state index in [-0.39, 0.29) is 11.8 Å². The zero-order valence-corrected chi connectivity index (χ0v) is 20.6. The van der Waals surface area contributed by atoms with Gasteiger partial charge in [0, 0.05) is 57.2 Å². The number of thioether (sulfide) groups is 4. The van der Waals surface area contributed by atoms with Gasteiger partial charge in [-0.15, -0.1) is 0 Å². The Labute approximate surface area is 195 Å². The number of carbonyl (C=O) groups is 2. The fourth-order valence-electron chi connectivity index (χ4n) is 3.35. The van der Waals surface area contributed by atoms with Crippen LogP contribution in [-0.4, -0.2) is 20.9 Å². The van der Waals surface area contributed by atoms with Crippen LogP contribution in [0.25, 0.3) is 0 Å². The Morgan fingerprint density at radius 3 is 1.27 bits per heavy atom. The third-order valence-corrected chi connectivity index (χ3v) is 10.6. The van der Waals surface area contributed by atoms with Gasteiger partial charge >= 0.3 is 0 Å². The maximum atomic E-state index is 12.3. The Balaban J connectivity index is 1.36. The number of nitrogens with zero attached hydrogens (tertiary/aromatic N) is 2. The fourth-order valence-corrected chi connectivity index (χ4v) is 8.67. The summed E-state index contributed by atoms with van der Waals surface area (Å²) in [6, 6.07) is 0. The normalized spacial score (nSPS) is 15.0. The Morgan fingerprint density at radius 1 is 0.633 bits per heavy atom. The molecule has 0 fully saturated rings. The minimum absolute atomic E-state index is 0.186. The van der Waals surface area contributed by atoms with E-state index >= 15 is 0 Å². The van der Waals surface area contributed by atoms with Crippen molar-refractivity contribution in [1.82, 2.24) is 9.13 Å². The summed E-state index contributed by atoms with van der Waals surface area (Å²) >= 11 is 7.01. The summed E-state index contributed by atoms with van der Waals surface area (Å²) < 4.78 is 6.08. The number of hydrogen-bond acceptors (Lipinski definition) is 6. The fraction of sp³-hybridized carbons (Fsp3) is 0.455. The van der Waals surface area contributed by atoms with Crippen LogP contribution in [0.5, 0.6) is 0 Å². The van der Waals surface area contributed by atoms with Crippen LogP contribution in [0, 0.1) is 0 Å². The van der Waals surface area contributed by atoms with Crippen LogP contribution < -0.4 is 0 Å². The average Bonchev–Trinajstić information content (AvgIpc) is 3.45. The van der Waals surface area contributed by atoms with Gasteiger partial charge in [-0.3, -0.25) is 18.7 Å². The second-order valence-corrected chi connectivity index (χ2v) is 12.2. The summed E-state index contributed by atoms with van der Waals surface area (Å²) in [5.74, 6) is 0.373. The van der Waals surface area contributed by atoms with Crippen molar-refractivity contribution in [3.8, 4) is 0 Å². The van der Waals surface area contributed by atoms with E-state index in [4.69, 9.17) is 0 Å². The summed E-state index contributed by atoms with van der Waals surface area (Å²) in [7, 11) is 0. The van der Waals surface area contributed by atoms with Crippen LogP contribution in [0.2, 0.25) is 0 Å². The van der Waals surface area contributed by atoms with E-state index in [2.05, 4.69) is 13.8 Å². The average molecular weight is 479 g/mol. The molecule has 4 rings (SSSR count). The second kappa shape index (κ2) is 10.1. The molecule has 2 aromatic heterocycles. The molecule has 0 atom stereocenters. The van der Waals surface area contributed by atoms with Gasteiger partial charge in [0.05, 0.1) is 8.47 Å². The molecule has 4 heterocycles. The molecule has 0 saturated carbocycles. The molecule has 0 spiro atoms. The molecule has 0 radical (unpaired) electrons. The van der Waals surface area contributed by atoms with E-state index in [0.717, 1.165) is 38.5 Å². The third kappa shape index (κ3) is 4.92. The lowest BCUT2D eigenvalue weighted by molar-refractivity contribution is 0.0890. The first-order chi connectivity index (χ1) is 14.6. The first kappa shape index (κ1) is 22.2. The van der Waals surface area contributed by atoms with E-state index < -0.39 is 0 Å². The molecule has 0 saturated heterocycles. The molecular weight excluding hydrogens is 453 g/mol. The van der Waals surface area contributed by atoms with Gasteiger partial charge < -0.3 is 0 Å². The van der Waals surface area contributed by atoms with Crippen LogP contribution in [0.1, 0.15) is 74.8 Å². The molecule has 160 valence electrons. The van der Waals surface area contributed by atoms with Gasteiger partial charge in [0.1, 0.15) is 0 Å². The molecule has 0 aromatic carbocycles. The smallest absolute Gasteiger partial charge is 0.230 e. The zero-order valence-electron chi connectivity index (χ0n) is 17.3. The van der Waals surface area contributed by atoms with Crippen LogP contribution in [0.4, 0.5) is 0 Å². The monoisotopic (exact) mass is 478 g/mol. The van der Waals surface area contributed by atoms with Crippen molar-refractivity contribution in [2.45, 2.75) is 84.8 Å². The number of fused-ring (bicyclic) bond motifs is 2. The molecule has 30 heavy (non-hydrogen) atoms. The SMILES string of the molecule is CCCCCC(=O)n1cc2c(c1)SC(=C1Sc3cn(C(=O)CCCCC)cc3S1)S2. The maximum absolute atomic E-state index is 12.3. The molecule has 0 bridgehead atoms. The Morgan fingerprint density at radius 2 is 0.967 bits per heavy atom. The minimum Gasteiger partial charge on any atom is -0.292 e. The highest BCUT2D eigenvalue weighted by molar-refractivity contribution is 8.30. The zero-order chi connectivity index (χ0) is 21.1. The number of carbonyl (C=O) groups excluding carboxylic acids is 2. The van der Waals surface area contributed by atoms with E-state index in [1.807, 2.05) is 24.8 Å². The highest BCUT2D eigenvalue weighted by Crippen LogP contribution is 2.61. The van der Waals surface area contributed by atoms with E-state index in [9.17, 15) is 9.59 Å². The molecule has 0 unspecified atom stereocenters. The molecule has 8 heteroatoms. The topological polar surface area (TPSA) is 44.0 Å². The van der Waals surface area contributed by atoms with Gasteiger partial charge in [-0.2, -0.15) is 0 Å². The molecule has 0 aliphatic carbocycles. The van der Waals surface area contributed by atoms with E-state index in [1.54, 1.807) is 56.2 Å². The van der Waals surface area contributed by atoms with Gasteiger partial charge in [-0.05, 0) is 12.8 Å². The number of unbranched alkanes of at least 4 members (excludes halogenated alkanes) is 4. The van der Waals surface area contributed by atoms with Gasteiger partial charge in [-0.1, -0.05) is 86.6 Å². The van der Waals surface area contributed by atoms with Crippen molar-refractivity contribution in [3.63, 3.8) is 0 Å². The summed E-state index contributed by atoms with van der Waals surface area (Å²) in [6.45, 7) is 4.30. The third-order valence-electron chi connectivity index (χ3n) is 5.05. The van der Waals surface area contributed by atoms with Gasteiger partial charge in [-0.25, -0.2) is 0 Å². The molecule has 2 aliphatic rings. The molecule has 2 aromatic rings. The van der Waals surface area contributed by atoms with Crippen LogP contribution in [0.3, 0.4) is 0 Å². The summed E-state index contributed by atoms with van der Waals surface area (Å²) in [5.41, 5.74) is 0. The van der Waals surface area contributed by atoms with Crippen LogP contribution in [0.15, 0.2) is 52.8 Å². The Hall–Kier alpha value is -0.960. The quantitative estimate of drug-likeness (QED) is 0.359. The van der Waals surface area contributed by atoms with Crippen LogP contribution >= 0.6 is 47.0 Å². The number of aromatic nitrogens is 2. The summed E-state index contributed by atoms with van der Waals surface area (Å²) in [4.78, 5) is 29.3. The number of rotatable bonds is 8. The minimum atomic E-state index is 0.186.